The number of hydrogen-bond donors (Lipinski definition) is 2. The predicted molar refractivity (Wildman–Crippen MR) is 81.7 cm³/mol. The Morgan fingerprint density at radius 1 is 1.26 bits per heavy atom. The average molecular weight is 316 g/mol. The number of rotatable bonds is 3. The van der Waals surface area contributed by atoms with E-state index >= 15 is 0 Å². The van der Waals surface area contributed by atoms with Crippen molar-refractivity contribution in [2.45, 2.75) is 13.0 Å². The second-order valence-corrected chi connectivity index (χ2v) is 5.25. The standard InChI is InChI=1S/C15H14BrN3/c1-10(11-3-2-4-14(18)7-11)19-15-8-13(16)6-5-12(15)9-17/h2-8,10,19H,18H2,1H3. The van der Waals surface area contributed by atoms with Gasteiger partial charge in [0, 0.05) is 16.2 Å². The highest BCUT2D eigenvalue weighted by molar-refractivity contribution is 9.10. The van der Waals surface area contributed by atoms with Crippen LogP contribution in [0.5, 0.6) is 0 Å². The van der Waals surface area contributed by atoms with Crippen molar-refractivity contribution in [3.63, 3.8) is 0 Å². The Bertz CT molecular complexity index is 632. The summed E-state index contributed by atoms with van der Waals surface area (Å²) in [6.45, 7) is 2.04. The summed E-state index contributed by atoms with van der Waals surface area (Å²) in [4.78, 5) is 0. The molecule has 2 aromatic carbocycles. The molecule has 2 aromatic rings. The molecular formula is C15H14BrN3. The van der Waals surface area contributed by atoms with Gasteiger partial charge in [-0.1, -0.05) is 28.1 Å². The van der Waals surface area contributed by atoms with Gasteiger partial charge in [0.25, 0.3) is 0 Å². The van der Waals surface area contributed by atoms with Gasteiger partial charge in [0.2, 0.25) is 0 Å². The van der Waals surface area contributed by atoms with Crippen LogP contribution in [0.4, 0.5) is 11.4 Å². The number of nitriles is 1. The van der Waals surface area contributed by atoms with Gasteiger partial charge in [0.15, 0.2) is 0 Å². The van der Waals surface area contributed by atoms with E-state index in [-0.39, 0.29) is 6.04 Å². The van der Waals surface area contributed by atoms with Crippen molar-refractivity contribution in [2.24, 2.45) is 0 Å². The molecule has 0 saturated carbocycles. The number of anilines is 2. The molecule has 4 heteroatoms. The van der Waals surface area contributed by atoms with Gasteiger partial charge in [-0.25, -0.2) is 0 Å². The molecule has 19 heavy (non-hydrogen) atoms. The molecule has 0 spiro atoms. The molecule has 0 aromatic heterocycles. The van der Waals surface area contributed by atoms with Gasteiger partial charge in [0.05, 0.1) is 11.3 Å². The van der Waals surface area contributed by atoms with E-state index in [4.69, 9.17) is 11.0 Å². The van der Waals surface area contributed by atoms with Gasteiger partial charge in [-0.2, -0.15) is 5.26 Å². The van der Waals surface area contributed by atoms with Gasteiger partial charge in [-0.3, -0.25) is 0 Å². The number of nitrogen functional groups attached to an aromatic ring is 1. The Morgan fingerprint density at radius 2 is 2.05 bits per heavy atom. The number of hydrogen-bond acceptors (Lipinski definition) is 3. The lowest BCUT2D eigenvalue weighted by Gasteiger charge is -2.17. The lowest BCUT2D eigenvalue weighted by molar-refractivity contribution is 0.884. The summed E-state index contributed by atoms with van der Waals surface area (Å²) in [5, 5.41) is 12.4. The molecule has 0 heterocycles. The Balaban J connectivity index is 2.26. The van der Waals surface area contributed by atoms with Crippen LogP contribution in [0.25, 0.3) is 0 Å². The summed E-state index contributed by atoms with van der Waals surface area (Å²) in [6, 6.07) is 15.5. The number of nitrogens with zero attached hydrogens (tertiary/aromatic N) is 1. The SMILES string of the molecule is CC(Nc1cc(Br)ccc1C#N)c1cccc(N)c1. The molecule has 3 nitrogen and oxygen atoms in total. The highest BCUT2D eigenvalue weighted by atomic mass is 79.9. The van der Waals surface area contributed by atoms with Crippen LogP contribution in [0.2, 0.25) is 0 Å². The van der Waals surface area contributed by atoms with E-state index in [1.807, 2.05) is 43.3 Å². The Hall–Kier alpha value is -1.99. The Kier molecular flexibility index (Phi) is 4.08. The monoisotopic (exact) mass is 315 g/mol. The first kappa shape index (κ1) is 13.4. The Morgan fingerprint density at radius 3 is 2.74 bits per heavy atom. The Labute approximate surface area is 121 Å². The normalized spacial score (nSPS) is 11.6. The van der Waals surface area contributed by atoms with Crippen molar-refractivity contribution in [3.8, 4) is 6.07 Å². The van der Waals surface area contributed by atoms with Crippen molar-refractivity contribution in [3.05, 3.63) is 58.1 Å². The van der Waals surface area contributed by atoms with Crippen molar-refractivity contribution in [1.29, 1.82) is 5.26 Å². The molecule has 3 N–H and O–H groups in total. The molecule has 0 aliphatic heterocycles. The molecule has 0 aliphatic carbocycles. The maximum absolute atomic E-state index is 9.11. The molecule has 0 fully saturated rings. The van der Waals surface area contributed by atoms with Crippen LogP contribution in [-0.2, 0) is 0 Å². The first-order valence-corrected chi connectivity index (χ1v) is 6.71. The number of nitrogens with one attached hydrogen (secondary N) is 1. The minimum absolute atomic E-state index is 0.0740. The van der Waals surface area contributed by atoms with Crippen LogP contribution in [0.1, 0.15) is 24.1 Å². The van der Waals surface area contributed by atoms with E-state index in [1.165, 1.54) is 0 Å². The van der Waals surface area contributed by atoms with Crippen molar-refractivity contribution < 1.29 is 0 Å². The van der Waals surface area contributed by atoms with Gasteiger partial charge in [0.1, 0.15) is 6.07 Å². The predicted octanol–water partition coefficient (Wildman–Crippen LogP) is 4.08. The lowest BCUT2D eigenvalue weighted by Crippen LogP contribution is -2.08. The van der Waals surface area contributed by atoms with Crippen LogP contribution in [0, 0.1) is 11.3 Å². The highest BCUT2D eigenvalue weighted by Gasteiger charge is 2.09. The number of nitrogens with two attached hydrogens (primary N) is 1. The van der Waals surface area contributed by atoms with Crippen molar-refractivity contribution in [2.75, 3.05) is 11.1 Å². The van der Waals surface area contributed by atoms with Crippen LogP contribution in [-0.4, -0.2) is 0 Å². The first-order chi connectivity index (χ1) is 9.10. The fraction of sp³-hybridized carbons (Fsp3) is 0.133. The van der Waals surface area contributed by atoms with Crippen LogP contribution in [0.3, 0.4) is 0 Å². The first-order valence-electron chi connectivity index (χ1n) is 5.92. The van der Waals surface area contributed by atoms with E-state index in [0.29, 0.717) is 5.56 Å². The van der Waals surface area contributed by atoms with E-state index in [2.05, 4.69) is 27.3 Å². The number of benzene rings is 2. The topological polar surface area (TPSA) is 61.8 Å². The van der Waals surface area contributed by atoms with Gasteiger partial charge >= 0.3 is 0 Å². The molecule has 0 bridgehead atoms. The summed E-state index contributed by atoms with van der Waals surface area (Å²) >= 11 is 3.41. The number of halogens is 1. The molecule has 2 rings (SSSR count). The molecule has 1 atom stereocenters. The highest BCUT2D eigenvalue weighted by Crippen LogP contribution is 2.26. The summed E-state index contributed by atoms with van der Waals surface area (Å²) < 4.78 is 0.939. The van der Waals surface area contributed by atoms with E-state index in [1.54, 1.807) is 6.07 Å². The molecule has 0 radical (unpaired) electrons. The zero-order chi connectivity index (χ0) is 13.8. The molecule has 96 valence electrons. The largest absolute Gasteiger partial charge is 0.399 e. The molecule has 0 aliphatic rings. The quantitative estimate of drug-likeness (QED) is 0.839. The summed E-state index contributed by atoms with van der Waals surface area (Å²) in [5.74, 6) is 0. The third kappa shape index (κ3) is 3.27. The average Bonchev–Trinajstić information content (AvgIpc) is 2.39. The zero-order valence-corrected chi connectivity index (χ0v) is 12.1. The third-order valence-corrected chi connectivity index (χ3v) is 3.38. The fourth-order valence-corrected chi connectivity index (χ4v) is 2.24. The second-order valence-electron chi connectivity index (χ2n) is 4.34. The van der Waals surface area contributed by atoms with Gasteiger partial charge < -0.3 is 11.1 Å². The molecule has 0 saturated heterocycles. The summed E-state index contributed by atoms with van der Waals surface area (Å²) in [7, 11) is 0. The molecule has 0 amide bonds. The fourth-order valence-electron chi connectivity index (χ4n) is 1.88. The van der Waals surface area contributed by atoms with Gasteiger partial charge in [-0.05, 0) is 42.8 Å². The maximum atomic E-state index is 9.11. The van der Waals surface area contributed by atoms with Crippen LogP contribution >= 0.6 is 15.9 Å². The third-order valence-electron chi connectivity index (χ3n) is 2.88. The van der Waals surface area contributed by atoms with E-state index in [0.717, 1.165) is 21.4 Å². The van der Waals surface area contributed by atoms with Crippen molar-refractivity contribution in [1.82, 2.24) is 0 Å². The smallest absolute Gasteiger partial charge is 0.101 e. The van der Waals surface area contributed by atoms with Crippen LogP contribution in [0.15, 0.2) is 46.9 Å². The van der Waals surface area contributed by atoms with Crippen molar-refractivity contribution >= 4 is 27.3 Å². The minimum Gasteiger partial charge on any atom is -0.399 e. The minimum atomic E-state index is 0.0740. The molecular weight excluding hydrogens is 302 g/mol. The van der Waals surface area contributed by atoms with E-state index in [9.17, 15) is 0 Å². The van der Waals surface area contributed by atoms with Crippen LogP contribution < -0.4 is 11.1 Å². The lowest BCUT2D eigenvalue weighted by atomic mass is 10.1. The zero-order valence-electron chi connectivity index (χ0n) is 10.5. The van der Waals surface area contributed by atoms with E-state index < -0.39 is 0 Å². The summed E-state index contributed by atoms with van der Waals surface area (Å²) in [5.41, 5.74) is 9.04. The molecule has 1 unspecified atom stereocenters. The second kappa shape index (κ2) is 5.77. The maximum Gasteiger partial charge on any atom is 0.101 e. The summed E-state index contributed by atoms with van der Waals surface area (Å²) in [6.07, 6.45) is 0. The van der Waals surface area contributed by atoms with Gasteiger partial charge in [-0.15, -0.1) is 0 Å².